The standard InChI is InChI=1S/C13H12F3NO3S2/c14-13(15,16)9-3-5-10(6-4-9)22(19,20)17-8-11(18)12-2-1-7-21-12/h1-7,11,17-18H,8H2. The molecule has 2 N–H and O–H groups in total. The summed E-state index contributed by atoms with van der Waals surface area (Å²) in [5, 5.41) is 11.5. The number of rotatable bonds is 5. The fraction of sp³-hybridized carbons (Fsp3) is 0.231. The molecule has 120 valence electrons. The topological polar surface area (TPSA) is 66.4 Å². The zero-order valence-electron chi connectivity index (χ0n) is 11.0. The highest BCUT2D eigenvalue weighted by Gasteiger charge is 2.30. The van der Waals surface area contributed by atoms with Crippen LogP contribution >= 0.6 is 11.3 Å². The molecule has 1 heterocycles. The Hall–Kier alpha value is -1.42. The van der Waals surface area contributed by atoms with Crippen LogP contribution in [0.5, 0.6) is 0 Å². The van der Waals surface area contributed by atoms with E-state index in [9.17, 15) is 26.7 Å². The number of aliphatic hydroxyl groups excluding tert-OH is 1. The Morgan fingerprint density at radius 1 is 1.18 bits per heavy atom. The molecule has 0 saturated heterocycles. The maximum absolute atomic E-state index is 12.4. The summed E-state index contributed by atoms with van der Waals surface area (Å²) >= 11 is 1.27. The molecule has 0 radical (unpaired) electrons. The van der Waals surface area contributed by atoms with Crippen LogP contribution in [-0.4, -0.2) is 20.1 Å². The van der Waals surface area contributed by atoms with Gasteiger partial charge in [0.15, 0.2) is 0 Å². The van der Waals surface area contributed by atoms with E-state index in [0.717, 1.165) is 12.1 Å². The van der Waals surface area contributed by atoms with Crippen molar-refractivity contribution in [2.24, 2.45) is 0 Å². The van der Waals surface area contributed by atoms with Crippen molar-refractivity contribution in [3.63, 3.8) is 0 Å². The monoisotopic (exact) mass is 351 g/mol. The molecule has 22 heavy (non-hydrogen) atoms. The van der Waals surface area contributed by atoms with E-state index in [4.69, 9.17) is 0 Å². The molecule has 1 aromatic carbocycles. The summed E-state index contributed by atoms with van der Waals surface area (Å²) in [5.41, 5.74) is -0.926. The Balaban J connectivity index is 2.07. The van der Waals surface area contributed by atoms with Gasteiger partial charge in [-0.15, -0.1) is 11.3 Å². The quantitative estimate of drug-likeness (QED) is 0.871. The minimum Gasteiger partial charge on any atom is -0.386 e. The summed E-state index contributed by atoms with van der Waals surface area (Å²) in [4.78, 5) is 0.300. The van der Waals surface area contributed by atoms with E-state index in [1.807, 2.05) is 0 Å². The van der Waals surface area contributed by atoms with Crippen molar-refractivity contribution in [3.05, 3.63) is 52.2 Å². The fourth-order valence-corrected chi connectivity index (χ4v) is 3.43. The zero-order valence-corrected chi connectivity index (χ0v) is 12.7. The smallest absolute Gasteiger partial charge is 0.386 e. The van der Waals surface area contributed by atoms with Gasteiger partial charge in [0.1, 0.15) is 6.10 Å². The van der Waals surface area contributed by atoms with Gasteiger partial charge in [0.25, 0.3) is 0 Å². The molecule has 0 aliphatic heterocycles. The van der Waals surface area contributed by atoms with E-state index in [1.54, 1.807) is 17.5 Å². The highest BCUT2D eigenvalue weighted by Crippen LogP contribution is 2.29. The third-order valence-corrected chi connectivity index (χ3v) is 5.24. The molecule has 0 fully saturated rings. The molecule has 0 aliphatic carbocycles. The number of thiophene rings is 1. The molecule has 4 nitrogen and oxygen atoms in total. The van der Waals surface area contributed by atoms with Gasteiger partial charge in [-0.2, -0.15) is 13.2 Å². The average Bonchev–Trinajstić information content (AvgIpc) is 2.98. The number of aliphatic hydroxyl groups is 1. The molecule has 0 saturated carbocycles. The Morgan fingerprint density at radius 2 is 1.82 bits per heavy atom. The van der Waals surface area contributed by atoms with Crippen LogP contribution < -0.4 is 4.72 Å². The maximum atomic E-state index is 12.4. The van der Waals surface area contributed by atoms with Crippen LogP contribution in [0.2, 0.25) is 0 Å². The predicted molar refractivity (Wildman–Crippen MR) is 75.9 cm³/mol. The molecule has 1 atom stereocenters. The molecule has 1 aromatic heterocycles. The van der Waals surface area contributed by atoms with E-state index < -0.39 is 27.9 Å². The number of benzene rings is 1. The van der Waals surface area contributed by atoms with Gasteiger partial charge in [-0.05, 0) is 35.7 Å². The summed E-state index contributed by atoms with van der Waals surface area (Å²) in [5.74, 6) is 0. The van der Waals surface area contributed by atoms with Crippen molar-refractivity contribution in [1.29, 1.82) is 0 Å². The molecule has 0 bridgehead atoms. The maximum Gasteiger partial charge on any atom is 0.416 e. The summed E-state index contributed by atoms with van der Waals surface area (Å²) in [6.07, 6.45) is -5.53. The van der Waals surface area contributed by atoms with Gasteiger partial charge >= 0.3 is 6.18 Å². The van der Waals surface area contributed by atoms with Crippen molar-refractivity contribution in [3.8, 4) is 0 Å². The van der Waals surface area contributed by atoms with Crippen LogP contribution in [0.4, 0.5) is 13.2 Å². The lowest BCUT2D eigenvalue weighted by Crippen LogP contribution is -2.28. The van der Waals surface area contributed by atoms with Crippen molar-refractivity contribution in [2.75, 3.05) is 6.54 Å². The largest absolute Gasteiger partial charge is 0.416 e. The average molecular weight is 351 g/mol. The number of sulfonamides is 1. The summed E-state index contributed by atoms with van der Waals surface area (Å²) in [6, 6.07) is 6.52. The van der Waals surface area contributed by atoms with Gasteiger partial charge in [-0.3, -0.25) is 0 Å². The fourth-order valence-electron chi connectivity index (χ4n) is 1.68. The Bertz CT molecular complexity index is 710. The first-order valence-corrected chi connectivity index (χ1v) is 8.45. The van der Waals surface area contributed by atoms with Crippen LogP contribution in [0.3, 0.4) is 0 Å². The highest BCUT2D eigenvalue weighted by atomic mass is 32.2. The van der Waals surface area contributed by atoms with E-state index >= 15 is 0 Å². The van der Waals surface area contributed by atoms with Gasteiger partial charge in [-0.25, -0.2) is 13.1 Å². The minimum atomic E-state index is -4.52. The lowest BCUT2D eigenvalue weighted by atomic mass is 10.2. The summed E-state index contributed by atoms with van der Waals surface area (Å²) in [6.45, 7) is -0.260. The predicted octanol–water partition coefficient (Wildman–Crippen LogP) is 2.78. The second kappa shape index (κ2) is 6.37. The van der Waals surface area contributed by atoms with Crippen molar-refractivity contribution in [2.45, 2.75) is 17.2 Å². The van der Waals surface area contributed by atoms with Gasteiger partial charge in [0, 0.05) is 11.4 Å². The molecular formula is C13H12F3NO3S2. The SMILES string of the molecule is O=S(=O)(NCC(O)c1cccs1)c1ccc(C(F)(F)F)cc1. The zero-order chi connectivity index (χ0) is 16.4. The number of hydrogen-bond acceptors (Lipinski definition) is 4. The third-order valence-electron chi connectivity index (χ3n) is 2.83. The Morgan fingerprint density at radius 3 is 2.32 bits per heavy atom. The van der Waals surface area contributed by atoms with Crippen molar-refractivity contribution < 1.29 is 26.7 Å². The minimum absolute atomic E-state index is 0.260. The van der Waals surface area contributed by atoms with Crippen LogP contribution in [0.15, 0.2) is 46.7 Å². The first-order valence-electron chi connectivity index (χ1n) is 6.08. The van der Waals surface area contributed by atoms with Crippen molar-refractivity contribution >= 4 is 21.4 Å². The van der Waals surface area contributed by atoms with E-state index in [2.05, 4.69) is 4.72 Å². The Kier molecular flexibility index (Phi) is 4.90. The second-order valence-corrected chi connectivity index (χ2v) is 7.15. The molecule has 9 heteroatoms. The van der Waals surface area contributed by atoms with Crippen LogP contribution in [-0.2, 0) is 16.2 Å². The van der Waals surface area contributed by atoms with Crippen LogP contribution in [0, 0.1) is 0 Å². The first kappa shape index (κ1) is 16.9. The number of halogens is 3. The lowest BCUT2D eigenvalue weighted by Gasteiger charge is -2.12. The van der Waals surface area contributed by atoms with Crippen molar-refractivity contribution in [1.82, 2.24) is 4.72 Å². The number of hydrogen-bond donors (Lipinski definition) is 2. The van der Waals surface area contributed by atoms with Gasteiger partial charge in [0.05, 0.1) is 10.5 Å². The van der Waals surface area contributed by atoms with Crippen LogP contribution in [0.25, 0.3) is 0 Å². The molecule has 0 amide bonds. The normalized spacial score (nSPS) is 14.0. The van der Waals surface area contributed by atoms with E-state index in [0.29, 0.717) is 17.0 Å². The Labute approximate surface area is 129 Å². The summed E-state index contributed by atoms with van der Waals surface area (Å²) < 4.78 is 63.4. The highest BCUT2D eigenvalue weighted by molar-refractivity contribution is 7.89. The number of nitrogens with one attached hydrogen (secondary N) is 1. The molecule has 2 aromatic rings. The van der Waals surface area contributed by atoms with E-state index in [-0.39, 0.29) is 11.4 Å². The molecule has 1 unspecified atom stereocenters. The summed E-state index contributed by atoms with van der Waals surface area (Å²) in [7, 11) is -3.98. The van der Waals surface area contributed by atoms with Crippen LogP contribution in [0.1, 0.15) is 16.5 Å². The van der Waals surface area contributed by atoms with Gasteiger partial charge < -0.3 is 5.11 Å². The number of alkyl halides is 3. The van der Waals surface area contributed by atoms with Gasteiger partial charge in [0.2, 0.25) is 10.0 Å². The molecule has 0 spiro atoms. The van der Waals surface area contributed by atoms with E-state index in [1.165, 1.54) is 11.3 Å². The lowest BCUT2D eigenvalue weighted by molar-refractivity contribution is -0.137. The molecule has 0 aliphatic rings. The van der Waals surface area contributed by atoms with Gasteiger partial charge in [-0.1, -0.05) is 6.07 Å². The molecular weight excluding hydrogens is 339 g/mol. The second-order valence-electron chi connectivity index (χ2n) is 4.41. The molecule has 2 rings (SSSR count). The first-order chi connectivity index (χ1) is 10.2. The third kappa shape index (κ3) is 4.07.